The summed E-state index contributed by atoms with van der Waals surface area (Å²) in [7, 11) is 1.71. The van der Waals surface area contributed by atoms with E-state index in [1.54, 1.807) is 30.5 Å². The van der Waals surface area contributed by atoms with E-state index in [2.05, 4.69) is 22.2 Å². The van der Waals surface area contributed by atoms with E-state index in [0.29, 0.717) is 25.3 Å². The average molecular weight is 383 g/mol. The van der Waals surface area contributed by atoms with Crippen molar-refractivity contribution in [3.8, 4) is 0 Å². The van der Waals surface area contributed by atoms with Crippen LogP contribution in [0.25, 0.3) is 0 Å². The molecule has 8 nitrogen and oxygen atoms in total. The zero-order valence-electron chi connectivity index (χ0n) is 16.7. The van der Waals surface area contributed by atoms with Gasteiger partial charge in [-0.15, -0.1) is 0 Å². The van der Waals surface area contributed by atoms with Gasteiger partial charge in [0.25, 0.3) is 11.8 Å². The minimum Gasteiger partial charge on any atom is -0.366 e. The Balaban J connectivity index is 1.55. The predicted molar refractivity (Wildman–Crippen MR) is 103 cm³/mol. The molecule has 2 atom stereocenters. The number of imidazole rings is 1. The summed E-state index contributed by atoms with van der Waals surface area (Å²) >= 11 is 0. The third-order valence-electron chi connectivity index (χ3n) is 5.91. The van der Waals surface area contributed by atoms with Gasteiger partial charge in [-0.25, -0.2) is 4.98 Å². The summed E-state index contributed by atoms with van der Waals surface area (Å²) in [5, 5.41) is 2.87. The van der Waals surface area contributed by atoms with E-state index < -0.39 is 11.6 Å². The molecule has 2 aromatic heterocycles. The first-order valence-corrected chi connectivity index (χ1v) is 9.57. The molecule has 0 bridgehead atoms. The number of hydrogen-bond acceptors (Lipinski definition) is 5. The highest BCUT2D eigenvalue weighted by atomic mass is 16.5. The maximum atomic E-state index is 12.9. The van der Waals surface area contributed by atoms with E-state index >= 15 is 0 Å². The van der Waals surface area contributed by atoms with Gasteiger partial charge in [0.05, 0.1) is 24.2 Å². The van der Waals surface area contributed by atoms with Crippen LogP contribution in [0.1, 0.15) is 54.0 Å². The first-order valence-electron chi connectivity index (χ1n) is 9.57. The number of pyridine rings is 1. The molecule has 0 spiro atoms. The van der Waals surface area contributed by atoms with Crippen LogP contribution in [0.4, 0.5) is 5.82 Å². The second-order valence-corrected chi connectivity index (χ2v) is 7.66. The fraction of sp³-hybridized carbons (Fsp3) is 0.500. The molecule has 4 rings (SSSR count). The van der Waals surface area contributed by atoms with Crippen molar-refractivity contribution in [3.05, 3.63) is 41.1 Å². The normalized spacial score (nSPS) is 23.9. The highest BCUT2D eigenvalue weighted by Gasteiger charge is 2.36. The number of fused-ring (bicyclic) bond motifs is 2. The first kappa shape index (κ1) is 18.6. The fourth-order valence-electron chi connectivity index (χ4n) is 3.99. The maximum absolute atomic E-state index is 12.9. The van der Waals surface area contributed by atoms with E-state index in [1.807, 2.05) is 18.4 Å². The van der Waals surface area contributed by atoms with Crippen molar-refractivity contribution in [1.29, 1.82) is 0 Å². The smallest absolute Gasteiger partial charge is 0.270 e. The van der Waals surface area contributed by atoms with Crippen LogP contribution in [0, 0.1) is 6.92 Å². The van der Waals surface area contributed by atoms with Gasteiger partial charge in [0, 0.05) is 25.4 Å². The molecule has 148 valence electrons. The average Bonchev–Trinajstić information content (AvgIpc) is 3.20. The van der Waals surface area contributed by atoms with Crippen LogP contribution in [0.15, 0.2) is 18.6 Å². The Morgan fingerprint density at radius 1 is 1.43 bits per heavy atom. The van der Waals surface area contributed by atoms with Crippen LogP contribution in [0.3, 0.4) is 0 Å². The minimum atomic E-state index is -0.610. The summed E-state index contributed by atoms with van der Waals surface area (Å²) in [4.78, 5) is 35.9. The lowest BCUT2D eigenvalue weighted by Gasteiger charge is -2.23. The molecular formula is C20H25N5O3. The topological polar surface area (TPSA) is 89.3 Å². The summed E-state index contributed by atoms with van der Waals surface area (Å²) in [5.41, 5.74) is 2.70. The number of likely N-dealkylation sites (N-methyl/N-ethyl adjacent to an activating group) is 1. The van der Waals surface area contributed by atoms with Crippen LogP contribution in [-0.2, 0) is 28.3 Å². The van der Waals surface area contributed by atoms with E-state index in [9.17, 15) is 9.59 Å². The summed E-state index contributed by atoms with van der Waals surface area (Å²) in [6.45, 7) is 7.06. The standard InChI is InChI=1S/C20H25N5O3/c1-5-20(3)14-8-16(21-9-13(14)10-28-20)17(26)23-15-6-7-25-11-22-12(2)18(25)24(4)19(15)27/h8-9,11,15H,5-7,10H2,1-4H3,(H,23,26)/t15?,20-/m1/s1. The second-order valence-electron chi connectivity index (χ2n) is 7.66. The van der Waals surface area contributed by atoms with Crippen molar-refractivity contribution in [3.63, 3.8) is 0 Å². The Morgan fingerprint density at radius 2 is 2.21 bits per heavy atom. The molecule has 0 saturated heterocycles. The van der Waals surface area contributed by atoms with Gasteiger partial charge >= 0.3 is 0 Å². The zero-order chi connectivity index (χ0) is 20.1. The third-order valence-corrected chi connectivity index (χ3v) is 5.91. The number of carbonyl (C=O) groups is 2. The number of aryl methyl sites for hydroxylation is 2. The number of rotatable bonds is 3. The lowest BCUT2D eigenvalue weighted by Crippen LogP contribution is -2.47. The monoisotopic (exact) mass is 383 g/mol. The number of anilines is 1. The summed E-state index contributed by atoms with van der Waals surface area (Å²) in [5.74, 6) is 0.271. The van der Waals surface area contributed by atoms with Crippen LogP contribution in [0.5, 0.6) is 0 Å². The summed E-state index contributed by atoms with van der Waals surface area (Å²) in [6.07, 6.45) is 4.74. The number of ether oxygens (including phenoxy) is 1. The van der Waals surface area contributed by atoms with E-state index in [4.69, 9.17) is 4.74 Å². The highest BCUT2D eigenvalue weighted by Crippen LogP contribution is 2.38. The molecule has 2 aliphatic heterocycles. The third kappa shape index (κ3) is 2.88. The van der Waals surface area contributed by atoms with Gasteiger partial charge in [0.1, 0.15) is 17.6 Å². The molecule has 2 aliphatic rings. The quantitative estimate of drug-likeness (QED) is 0.875. The van der Waals surface area contributed by atoms with Crippen molar-refractivity contribution >= 4 is 17.6 Å². The molecule has 1 unspecified atom stereocenters. The minimum absolute atomic E-state index is 0.154. The summed E-state index contributed by atoms with van der Waals surface area (Å²) < 4.78 is 7.83. The van der Waals surface area contributed by atoms with Crippen molar-refractivity contribution < 1.29 is 14.3 Å². The SMILES string of the molecule is CC[C@@]1(C)OCc2cnc(C(=O)NC3CCn4cnc(C)c4N(C)C3=O)cc21. The van der Waals surface area contributed by atoms with Gasteiger partial charge in [-0.05, 0) is 38.3 Å². The molecule has 2 aromatic rings. The van der Waals surface area contributed by atoms with E-state index in [-0.39, 0.29) is 11.8 Å². The molecule has 1 N–H and O–H groups in total. The highest BCUT2D eigenvalue weighted by molar-refractivity contribution is 6.01. The lowest BCUT2D eigenvalue weighted by molar-refractivity contribution is -0.120. The predicted octanol–water partition coefficient (Wildman–Crippen LogP) is 1.91. The van der Waals surface area contributed by atoms with Crippen LogP contribution in [0.2, 0.25) is 0 Å². The lowest BCUT2D eigenvalue weighted by atomic mass is 9.92. The molecular weight excluding hydrogens is 358 g/mol. The van der Waals surface area contributed by atoms with Gasteiger partial charge < -0.3 is 14.6 Å². The molecule has 8 heteroatoms. The zero-order valence-corrected chi connectivity index (χ0v) is 16.7. The largest absolute Gasteiger partial charge is 0.366 e. The first-order chi connectivity index (χ1) is 13.3. The molecule has 0 fully saturated rings. The second kappa shape index (κ2) is 6.70. The van der Waals surface area contributed by atoms with Gasteiger partial charge in [-0.3, -0.25) is 19.5 Å². The van der Waals surface area contributed by atoms with Gasteiger partial charge in [0.15, 0.2) is 0 Å². The van der Waals surface area contributed by atoms with Crippen molar-refractivity contribution in [2.75, 3.05) is 11.9 Å². The fourth-order valence-corrected chi connectivity index (χ4v) is 3.99. The van der Waals surface area contributed by atoms with Crippen molar-refractivity contribution in [2.24, 2.45) is 0 Å². The van der Waals surface area contributed by atoms with Crippen LogP contribution >= 0.6 is 0 Å². The molecule has 2 amide bonds. The number of amides is 2. The molecule has 28 heavy (non-hydrogen) atoms. The number of nitrogens with zero attached hydrogens (tertiary/aromatic N) is 4. The maximum Gasteiger partial charge on any atom is 0.270 e. The summed E-state index contributed by atoms with van der Waals surface area (Å²) in [6, 6.07) is 1.18. The number of hydrogen-bond donors (Lipinski definition) is 1. The van der Waals surface area contributed by atoms with Crippen molar-refractivity contribution in [2.45, 2.75) is 58.4 Å². The number of carbonyl (C=O) groups excluding carboxylic acids is 2. The van der Waals surface area contributed by atoms with Crippen molar-refractivity contribution in [1.82, 2.24) is 19.9 Å². The van der Waals surface area contributed by atoms with Crippen LogP contribution in [-0.4, -0.2) is 39.4 Å². The Labute approximate surface area is 163 Å². The molecule has 0 aromatic carbocycles. The Kier molecular flexibility index (Phi) is 4.45. The Bertz CT molecular complexity index is 953. The van der Waals surface area contributed by atoms with Gasteiger partial charge in [-0.1, -0.05) is 6.92 Å². The Morgan fingerprint density at radius 3 is 2.96 bits per heavy atom. The number of aromatic nitrogens is 3. The molecule has 0 radical (unpaired) electrons. The van der Waals surface area contributed by atoms with E-state index in [1.165, 1.54) is 0 Å². The number of nitrogens with one attached hydrogen (secondary N) is 1. The Hall–Kier alpha value is -2.74. The van der Waals surface area contributed by atoms with E-state index in [0.717, 1.165) is 29.1 Å². The van der Waals surface area contributed by atoms with Gasteiger partial charge in [-0.2, -0.15) is 0 Å². The molecule has 4 heterocycles. The molecule has 0 saturated carbocycles. The van der Waals surface area contributed by atoms with Crippen LogP contribution < -0.4 is 10.2 Å². The van der Waals surface area contributed by atoms with Gasteiger partial charge in [0.2, 0.25) is 0 Å². The molecule has 0 aliphatic carbocycles.